The molecule has 2 rings (SSSR count). The van der Waals surface area contributed by atoms with E-state index in [4.69, 9.17) is 0 Å². The summed E-state index contributed by atoms with van der Waals surface area (Å²) in [5.74, 6) is -0.924. The molecule has 0 aliphatic carbocycles. The zero-order valence-electron chi connectivity index (χ0n) is 11.5. The molecule has 0 atom stereocenters. The fourth-order valence-corrected chi connectivity index (χ4v) is 2.62. The minimum absolute atomic E-state index is 0.151. The van der Waals surface area contributed by atoms with Gasteiger partial charge in [-0.05, 0) is 51.0 Å². The molecule has 1 aromatic carbocycles. The maximum Gasteiger partial charge on any atom is 0.130 e. The van der Waals surface area contributed by atoms with Crippen molar-refractivity contribution in [3.63, 3.8) is 0 Å². The average molecular weight is 268 g/mol. The molecule has 106 valence electrons. The van der Waals surface area contributed by atoms with Crippen LogP contribution in [0, 0.1) is 11.6 Å². The number of rotatable bonds is 5. The minimum atomic E-state index is -0.462. The lowest BCUT2D eigenvalue weighted by Gasteiger charge is -2.32. The van der Waals surface area contributed by atoms with Gasteiger partial charge in [0.25, 0.3) is 0 Å². The van der Waals surface area contributed by atoms with E-state index in [2.05, 4.69) is 17.1 Å². The molecule has 1 fully saturated rings. The number of benzene rings is 1. The minimum Gasteiger partial charge on any atom is -0.310 e. The van der Waals surface area contributed by atoms with Crippen molar-refractivity contribution in [3.8, 4) is 0 Å². The van der Waals surface area contributed by atoms with Gasteiger partial charge in [-0.3, -0.25) is 0 Å². The first-order valence-electron chi connectivity index (χ1n) is 7.09. The van der Waals surface area contributed by atoms with E-state index in [9.17, 15) is 8.78 Å². The summed E-state index contributed by atoms with van der Waals surface area (Å²) in [6, 6.07) is 4.39. The Labute approximate surface area is 113 Å². The lowest BCUT2D eigenvalue weighted by Crippen LogP contribution is -2.42. The molecule has 1 aliphatic rings. The van der Waals surface area contributed by atoms with Crippen molar-refractivity contribution >= 4 is 0 Å². The van der Waals surface area contributed by atoms with Gasteiger partial charge in [-0.2, -0.15) is 0 Å². The van der Waals surface area contributed by atoms with Crippen molar-refractivity contribution in [1.29, 1.82) is 0 Å². The largest absolute Gasteiger partial charge is 0.310 e. The van der Waals surface area contributed by atoms with E-state index < -0.39 is 11.6 Å². The Balaban J connectivity index is 1.81. The third-order valence-corrected chi connectivity index (χ3v) is 3.76. The molecule has 4 heteroatoms. The maximum absolute atomic E-state index is 13.5. The second-order valence-corrected chi connectivity index (χ2v) is 5.20. The molecule has 0 unspecified atom stereocenters. The van der Waals surface area contributed by atoms with Gasteiger partial charge in [0.15, 0.2) is 0 Å². The van der Waals surface area contributed by atoms with Crippen LogP contribution in [0.5, 0.6) is 0 Å². The van der Waals surface area contributed by atoms with Crippen molar-refractivity contribution in [1.82, 2.24) is 10.2 Å². The second kappa shape index (κ2) is 6.96. The molecule has 0 bridgehead atoms. The number of likely N-dealkylation sites (tertiary alicyclic amines) is 1. The Morgan fingerprint density at radius 1 is 1.21 bits per heavy atom. The number of nitrogens with zero attached hydrogens (tertiary/aromatic N) is 1. The summed E-state index contributed by atoms with van der Waals surface area (Å²) in [6.45, 7) is 5.76. The molecule has 1 N–H and O–H groups in total. The summed E-state index contributed by atoms with van der Waals surface area (Å²) in [7, 11) is 0. The van der Waals surface area contributed by atoms with E-state index in [1.165, 1.54) is 24.6 Å². The predicted molar refractivity (Wildman–Crippen MR) is 73.0 cm³/mol. The molecule has 1 saturated heterocycles. The standard InChI is InChI=1S/C15H22F2N2/c1-2-8-19-9-6-12(7-10-19)18-11-13-14(16)4-3-5-15(13)17/h3-5,12,18H,2,6-11H2,1H3. The third kappa shape index (κ3) is 3.98. The first-order chi connectivity index (χ1) is 9.20. The van der Waals surface area contributed by atoms with Gasteiger partial charge >= 0.3 is 0 Å². The fourth-order valence-electron chi connectivity index (χ4n) is 2.62. The lowest BCUT2D eigenvalue weighted by atomic mass is 10.0. The molecule has 1 aliphatic heterocycles. The zero-order valence-corrected chi connectivity index (χ0v) is 11.5. The molecule has 0 aromatic heterocycles. The Morgan fingerprint density at radius 2 is 1.84 bits per heavy atom. The van der Waals surface area contributed by atoms with Crippen LogP contribution >= 0.6 is 0 Å². The van der Waals surface area contributed by atoms with Crippen molar-refractivity contribution < 1.29 is 8.78 Å². The zero-order chi connectivity index (χ0) is 13.7. The molecular formula is C15H22F2N2. The summed E-state index contributed by atoms with van der Waals surface area (Å²) < 4.78 is 27.0. The maximum atomic E-state index is 13.5. The molecule has 19 heavy (non-hydrogen) atoms. The van der Waals surface area contributed by atoms with Crippen LogP contribution in [0.3, 0.4) is 0 Å². The first-order valence-corrected chi connectivity index (χ1v) is 7.09. The van der Waals surface area contributed by atoms with E-state index >= 15 is 0 Å². The van der Waals surface area contributed by atoms with E-state index in [0.717, 1.165) is 32.5 Å². The number of nitrogens with one attached hydrogen (secondary N) is 1. The molecule has 0 spiro atoms. The highest BCUT2D eigenvalue weighted by atomic mass is 19.1. The summed E-state index contributed by atoms with van der Waals surface area (Å²) in [5, 5.41) is 3.28. The fraction of sp³-hybridized carbons (Fsp3) is 0.600. The number of halogens is 2. The molecule has 0 amide bonds. The molecule has 0 saturated carbocycles. The number of hydrogen-bond acceptors (Lipinski definition) is 2. The van der Waals surface area contributed by atoms with E-state index in [1.807, 2.05) is 0 Å². The van der Waals surface area contributed by atoms with E-state index in [-0.39, 0.29) is 12.1 Å². The van der Waals surface area contributed by atoms with Crippen LogP contribution in [0.15, 0.2) is 18.2 Å². The van der Waals surface area contributed by atoms with Crippen LogP contribution in [-0.4, -0.2) is 30.6 Å². The quantitative estimate of drug-likeness (QED) is 0.883. The van der Waals surface area contributed by atoms with Gasteiger partial charge in [0, 0.05) is 18.2 Å². The van der Waals surface area contributed by atoms with Gasteiger partial charge in [0.2, 0.25) is 0 Å². The number of hydrogen-bond donors (Lipinski definition) is 1. The summed E-state index contributed by atoms with van der Waals surface area (Å²) in [6.07, 6.45) is 3.28. The van der Waals surface area contributed by atoms with Crippen LogP contribution in [-0.2, 0) is 6.54 Å². The Morgan fingerprint density at radius 3 is 2.42 bits per heavy atom. The van der Waals surface area contributed by atoms with Crippen molar-refractivity contribution in [2.24, 2.45) is 0 Å². The molecular weight excluding hydrogens is 246 g/mol. The molecule has 2 nitrogen and oxygen atoms in total. The Hall–Kier alpha value is -1.00. The van der Waals surface area contributed by atoms with Gasteiger partial charge in [-0.15, -0.1) is 0 Å². The first kappa shape index (κ1) is 14.4. The Kier molecular flexibility index (Phi) is 5.28. The second-order valence-electron chi connectivity index (χ2n) is 5.20. The van der Waals surface area contributed by atoms with Crippen LogP contribution in [0.1, 0.15) is 31.7 Å². The SMILES string of the molecule is CCCN1CCC(NCc2c(F)cccc2F)CC1. The van der Waals surface area contributed by atoms with Gasteiger partial charge in [0.05, 0.1) is 0 Å². The van der Waals surface area contributed by atoms with Gasteiger partial charge in [-0.25, -0.2) is 8.78 Å². The summed E-state index contributed by atoms with van der Waals surface area (Å²) in [5.41, 5.74) is 0.151. The molecule has 1 heterocycles. The number of piperidine rings is 1. The topological polar surface area (TPSA) is 15.3 Å². The van der Waals surface area contributed by atoms with Crippen LogP contribution < -0.4 is 5.32 Å². The summed E-state index contributed by atoms with van der Waals surface area (Å²) >= 11 is 0. The van der Waals surface area contributed by atoms with E-state index in [0.29, 0.717) is 6.04 Å². The van der Waals surface area contributed by atoms with Crippen LogP contribution in [0.2, 0.25) is 0 Å². The van der Waals surface area contributed by atoms with Crippen molar-refractivity contribution in [2.75, 3.05) is 19.6 Å². The van der Waals surface area contributed by atoms with Crippen LogP contribution in [0.25, 0.3) is 0 Å². The van der Waals surface area contributed by atoms with Gasteiger partial charge in [-0.1, -0.05) is 13.0 Å². The monoisotopic (exact) mass is 268 g/mol. The van der Waals surface area contributed by atoms with E-state index in [1.54, 1.807) is 0 Å². The smallest absolute Gasteiger partial charge is 0.130 e. The van der Waals surface area contributed by atoms with Gasteiger partial charge in [0.1, 0.15) is 11.6 Å². The predicted octanol–water partition coefficient (Wildman–Crippen LogP) is 2.93. The third-order valence-electron chi connectivity index (χ3n) is 3.76. The van der Waals surface area contributed by atoms with Crippen LogP contribution in [0.4, 0.5) is 8.78 Å². The Bertz CT molecular complexity index is 381. The lowest BCUT2D eigenvalue weighted by molar-refractivity contribution is 0.197. The average Bonchev–Trinajstić information content (AvgIpc) is 2.40. The van der Waals surface area contributed by atoms with Gasteiger partial charge < -0.3 is 10.2 Å². The highest BCUT2D eigenvalue weighted by Crippen LogP contribution is 2.14. The molecule has 1 aromatic rings. The highest BCUT2D eigenvalue weighted by molar-refractivity contribution is 5.19. The molecule has 0 radical (unpaired) electrons. The van der Waals surface area contributed by atoms with Crippen molar-refractivity contribution in [2.45, 2.75) is 38.8 Å². The normalized spacial score (nSPS) is 17.8. The van der Waals surface area contributed by atoms with Crippen molar-refractivity contribution in [3.05, 3.63) is 35.4 Å². The highest BCUT2D eigenvalue weighted by Gasteiger charge is 2.19. The summed E-state index contributed by atoms with van der Waals surface area (Å²) in [4.78, 5) is 2.45.